The van der Waals surface area contributed by atoms with Gasteiger partial charge in [0.1, 0.15) is 6.61 Å². The fraction of sp³-hybridized carbons (Fsp3) is 0.118. The third-order valence-electron chi connectivity index (χ3n) is 3.26. The van der Waals surface area contributed by atoms with Crippen molar-refractivity contribution in [3.63, 3.8) is 0 Å². The molecule has 0 spiro atoms. The maximum atomic E-state index is 5.88. The minimum Gasteiger partial charge on any atom is -0.472 e. The number of hydrogen-bond donors (Lipinski definition) is 1. The smallest absolute Gasteiger partial charge is 0.221 e. The zero-order valence-electron chi connectivity index (χ0n) is 11.4. The number of rotatable bonds is 4. The molecule has 21 heavy (non-hydrogen) atoms. The van der Waals surface area contributed by atoms with Crippen LogP contribution in [0.4, 0.5) is 0 Å². The minimum atomic E-state index is 0.391. The van der Waals surface area contributed by atoms with Crippen molar-refractivity contribution in [1.82, 2.24) is 4.98 Å². The highest BCUT2D eigenvalue weighted by atomic mass is 35.5. The Kier molecular flexibility index (Phi) is 4.04. The molecule has 2 N–H and O–H groups in total. The van der Waals surface area contributed by atoms with E-state index >= 15 is 0 Å². The zero-order chi connectivity index (χ0) is 14.7. The average Bonchev–Trinajstić information content (AvgIpc) is 2.53. The van der Waals surface area contributed by atoms with Gasteiger partial charge in [-0.2, -0.15) is 0 Å². The first-order valence-electron chi connectivity index (χ1n) is 6.72. The lowest BCUT2D eigenvalue weighted by Gasteiger charge is -2.10. The summed E-state index contributed by atoms with van der Waals surface area (Å²) < 4.78 is 5.88. The number of hydrogen-bond acceptors (Lipinski definition) is 3. The van der Waals surface area contributed by atoms with Crippen LogP contribution >= 0.6 is 11.6 Å². The molecule has 3 aromatic rings. The number of aromatic nitrogens is 1. The highest BCUT2D eigenvalue weighted by Crippen LogP contribution is 2.25. The topological polar surface area (TPSA) is 48.1 Å². The van der Waals surface area contributed by atoms with Gasteiger partial charge in [-0.1, -0.05) is 41.9 Å². The Labute approximate surface area is 128 Å². The van der Waals surface area contributed by atoms with Gasteiger partial charge in [0.2, 0.25) is 5.88 Å². The van der Waals surface area contributed by atoms with E-state index in [9.17, 15) is 0 Å². The summed E-state index contributed by atoms with van der Waals surface area (Å²) >= 11 is 5.88. The Morgan fingerprint density at radius 2 is 1.81 bits per heavy atom. The number of ether oxygens (including phenoxy) is 1. The van der Waals surface area contributed by atoms with E-state index in [2.05, 4.69) is 4.98 Å². The van der Waals surface area contributed by atoms with Gasteiger partial charge in [0.15, 0.2) is 0 Å². The van der Waals surface area contributed by atoms with Crippen LogP contribution in [-0.4, -0.2) is 4.98 Å². The first kappa shape index (κ1) is 13.9. The van der Waals surface area contributed by atoms with Crippen molar-refractivity contribution >= 4 is 22.4 Å². The van der Waals surface area contributed by atoms with E-state index in [4.69, 9.17) is 22.1 Å². The lowest BCUT2D eigenvalue weighted by Crippen LogP contribution is -2.03. The van der Waals surface area contributed by atoms with Crippen molar-refractivity contribution in [3.05, 3.63) is 70.9 Å². The normalized spacial score (nSPS) is 10.8. The van der Waals surface area contributed by atoms with Crippen molar-refractivity contribution in [2.45, 2.75) is 13.2 Å². The predicted molar refractivity (Wildman–Crippen MR) is 85.4 cm³/mol. The molecule has 0 aliphatic heterocycles. The number of benzene rings is 2. The minimum absolute atomic E-state index is 0.391. The van der Waals surface area contributed by atoms with Crippen LogP contribution < -0.4 is 10.5 Å². The van der Waals surface area contributed by atoms with E-state index in [0.717, 1.165) is 22.0 Å². The van der Waals surface area contributed by atoms with Crippen LogP contribution in [0, 0.1) is 0 Å². The molecule has 0 saturated heterocycles. The van der Waals surface area contributed by atoms with E-state index in [1.54, 1.807) is 0 Å². The Balaban J connectivity index is 1.90. The summed E-state index contributed by atoms with van der Waals surface area (Å²) in [6, 6.07) is 17.6. The van der Waals surface area contributed by atoms with Gasteiger partial charge in [-0.3, -0.25) is 0 Å². The lowest BCUT2D eigenvalue weighted by molar-refractivity contribution is 0.297. The molecule has 0 aliphatic carbocycles. The molecule has 106 valence electrons. The van der Waals surface area contributed by atoms with Gasteiger partial charge >= 0.3 is 0 Å². The van der Waals surface area contributed by atoms with Crippen LogP contribution in [0.15, 0.2) is 54.6 Å². The predicted octanol–water partition coefficient (Wildman–Crippen LogP) is 3.93. The molecule has 0 unspecified atom stereocenters. The zero-order valence-corrected chi connectivity index (χ0v) is 12.2. The summed E-state index contributed by atoms with van der Waals surface area (Å²) in [6.07, 6.45) is 0. The van der Waals surface area contributed by atoms with Crippen LogP contribution in [0.25, 0.3) is 10.8 Å². The standard InChI is InChI=1S/C17H15ClN2O/c18-14-7-5-12(6-8-14)11-21-17-16-4-2-1-3-13(16)9-15(10-19)20-17/h1-9H,10-11,19H2. The second-order valence-corrected chi connectivity index (χ2v) is 5.20. The second kappa shape index (κ2) is 6.12. The summed E-state index contributed by atoms with van der Waals surface area (Å²) in [6.45, 7) is 0.838. The second-order valence-electron chi connectivity index (χ2n) is 4.76. The number of halogens is 1. The molecule has 1 aromatic heterocycles. The van der Waals surface area contributed by atoms with Crippen LogP contribution in [0.5, 0.6) is 5.88 Å². The molecule has 4 heteroatoms. The molecule has 1 heterocycles. The van der Waals surface area contributed by atoms with Gasteiger partial charge < -0.3 is 10.5 Å². The summed E-state index contributed by atoms with van der Waals surface area (Å²) in [5.74, 6) is 0.614. The highest BCUT2D eigenvalue weighted by Gasteiger charge is 2.06. The van der Waals surface area contributed by atoms with Crippen LogP contribution in [0.3, 0.4) is 0 Å². The maximum Gasteiger partial charge on any atom is 0.221 e. The Bertz CT molecular complexity index is 756. The Morgan fingerprint density at radius 1 is 1.05 bits per heavy atom. The average molecular weight is 299 g/mol. The summed E-state index contributed by atoms with van der Waals surface area (Å²) in [5, 5.41) is 2.79. The number of nitrogens with two attached hydrogens (primary N) is 1. The number of nitrogens with zero attached hydrogens (tertiary/aromatic N) is 1. The van der Waals surface area contributed by atoms with E-state index in [1.165, 1.54) is 0 Å². The van der Waals surface area contributed by atoms with E-state index < -0.39 is 0 Å². The molecular weight excluding hydrogens is 284 g/mol. The third-order valence-corrected chi connectivity index (χ3v) is 3.51. The van der Waals surface area contributed by atoms with E-state index in [0.29, 0.717) is 24.1 Å². The SMILES string of the molecule is NCc1cc2ccccc2c(OCc2ccc(Cl)cc2)n1. The van der Waals surface area contributed by atoms with Gasteiger partial charge in [0.05, 0.1) is 5.69 Å². The van der Waals surface area contributed by atoms with Gasteiger partial charge in [-0.25, -0.2) is 4.98 Å². The first-order chi connectivity index (χ1) is 10.3. The Hall–Kier alpha value is -2.10. The molecule has 2 aromatic carbocycles. The molecular formula is C17H15ClN2O. The maximum absolute atomic E-state index is 5.88. The highest BCUT2D eigenvalue weighted by molar-refractivity contribution is 6.30. The molecule has 0 fully saturated rings. The molecule has 3 rings (SSSR count). The van der Waals surface area contributed by atoms with Crippen molar-refractivity contribution in [2.75, 3.05) is 0 Å². The molecule has 0 amide bonds. The largest absolute Gasteiger partial charge is 0.472 e. The number of pyridine rings is 1. The van der Waals surface area contributed by atoms with Gasteiger partial charge in [0.25, 0.3) is 0 Å². The monoisotopic (exact) mass is 298 g/mol. The molecule has 0 saturated carbocycles. The first-order valence-corrected chi connectivity index (χ1v) is 7.10. The third kappa shape index (κ3) is 3.15. The fourth-order valence-corrected chi connectivity index (χ4v) is 2.29. The molecule has 0 radical (unpaired) electrons. The summed E-state index contributed by atoms with van der Waals surface area (Å²) in [7, 11) is 0. The van der Waals surface area contributed by atoms with E-state index in [1.807, 2.05) is 54.6 Å². The summed E-state index contributed by atoms with van der Waals surface area (Å²) in [5.41, 5.74) is 7.57. The van der Waals surface area contributed by atoms with Gasteiger partial charge in [0, 0.05) is 17.0 Å². The van der Waals surface area contributed by atoms with Crippen LogP contribution in [-0.2, 0) is 13.2 Å². The fourth-order valence-electron chi connectivity index (χ4n) is 2.17. The van der Waals surface area contributed by atoms with Crippen molar-refractivity contribution < 1.29 is 4.74 Å². The molecule has 0 aliphatic rings. The molecule has 0 atom stereocenters. The summed E-state index contributed by atoms with van der Waals surface area (Å²) in [4.78, 5) is 4.48. The van der Waals surface area contributed by atoms with Crippen LogP contribution in [0.2, 0.25) is 5.02 Å². The van der Waals surface area contributed by atoms with Crippen molar-refractivity contribution in [1.29, 1.82) is 0 Å². The lowest BCUT2D eigenvalue weighted by atomic mass is 10.1. The van der Waals surface area contributed by atoms with E-state index in [-0.39, 0.29) is 0 Å². The van der Waals surface area contributed by atoms with Crippen molar-refractivity contribution in [3.8, 4) is 5.88 Å². The number of fused-ring (bicyclic) bond motifs is 1. The quantitative estimate of drug-likeness (QED) is 0.794. The van der Waals surface area contributed by atoms with Gasteiger partial charge in [-0.15, -0.1) is 0 Å². The van der Waals surface area contributed by atoms with Crippen molar-refractivity contribution in [2.24, 2.45) is 5.73 Å². The van der Waals surface area contributed by atoms with Crippen LogP contribution in [0.1, 0.15) is 11.3 Å². The molecule has 3 nitrogen and oxygen atoms in total. The van der Waals surface area contributed by atoms with Gasteiger partial charge in [-0.05, 0) is 35.2 Å². The Morgan fingerprint density at radius 3 is 2.57 bits per heavy atom. The molecule has 0 bridgehead atoms.